The molecule has 1 aliphatic rings. The molecule has 1 saturated carbocycles. The van der Waals surface area contributed by atoms with Gasteiger partial charge < -0.3 is 5.11 Å². The zero-order valence-corrected chi connectivity index (χ0v) is 10.8. The molecule has 1 fully saturated rings. The summed E-state index contributed by atoms with van der Waals surface area (Å²) < 4.78 is 0. The predicted molar refractivity (Wildman–Crippen MR) is 72.1 cm³/mol. The van der Waals surface area contributed by atoms with Gasteiger partial charge in [-0.1, -0.05) is 49.6 Å². The van der Waals surface area contributed by atoms with Gasteiger partial charge in [-0.25, -0.2) is 0 Å². The molecule has 1 aromatic carbocycles. The molecule has 1 aliphatic carbocycles. The van der Waals surface area contributed by atoms with E-state index in [9.17, 15) is 5.11 Å². The van der Waals surface area contributed by atoms with Gasteiger partial charge in [-0.2, -0.15) is 5.26 Å². The molecule has 0 aliphatic heterocycles. The highest BCUT2D eigenvalue weighted by Crippen LogP contribution is 2.43. The number of nitrogens with zero attached hydrogens (tertiary/aromatic N) is 1. The normalized spacial score (nSPS) is 20.0. The van der Waals surface area contributed by atoms with Crippen LogP contribution in [0, 0.1) is 11.3 Å². The maximum Gasteiger partial charge on any atom is 0.0646 e. The highest BCUT2D eigenvalue weighted by molar-refractivity contribution is 5.27. The molecule has 0 spiro atoms. The summed E-state index contributed by atoms with van der Waals surface area (Å²) in [5.74, 6) is 0. The third-order valence-electron chi connectivity index (χ3n) is 4.26. The van der Waals surface area contributed by atoms with E-state index in [2.05, 4.69) is 18.2 Å². The summed E-state index contributed by atoms with van der Waals surface area (Å²) in [6.45, 7) is 0. The first kappa shape index (κ1) is 13.1. The van der Waals surface area contributed by atoms with Gasteiger partial charge >= 0.3 is 0 Å². The summed E-state index contributed by atoms with van der Waals surface area (Å²) in [5.41, 5.74) is 1.13. The smallest absolute Gasteiger partial charge is 0.0646 e. The number of nitriles is 1. The average Bonchev–Trinajstić information content (AvgIpc) is 2.46. The van der Waals surface area contributed by atoms with Gasteiger partial charge in [0.1, 0.15) is 0 Å². The van der Waals surface area contributed by atoms with Crippen LogP contribution in [-0.2, 0) is 5.41 Å². The largest absolute Gasteiger partial charge is 0.392 e. The van der Waals surface area contributed by atoms with Crippen LogP contribution in [0.2, 0.25) is 0 Å². The first-order chi connectivity index (χ1) is 8.79. The Hall–Kier alpha value is -1.33. The fourth-order valence-electron chi connectivity index (χ4n) is 3.24. The zero-order valence-electron chi connectivity index (χ0n) is 10.8. The Kier molecular flexibility index (Phi) is 4.38. The summed E-state index contributed by atoms with van der Waals surface area (Å²) in [5, 5.41) is 19.3. The highest BCUT2D eigenvalue weighted by Gasteiger charge is 2.39. The van der Waals surface area contributed by atoms with E-state index < -0.39 is 0 Å². The van der Waals surface area contributed by atoms with Crippen molar-refractivity contribution in [3.63, 3.8) is 0 Å². The van der Waals surface area contributed by atoms with Crippen LogP contribution in [0.25, 0.3) is 0 Å². The Labute approximate surface area is 109 Å². The second kappa shape index (κ2) is 6.02. The number of hydrogen-bond acceptors (Lipinski definition) is 2. The van der Waals surface area contributed by atoms with Crippen molar-refractivity contribution in [2.75, 3.05) is 0 Å². The van der Waals surface area contributed by atoms with E-state index in [4.69, 9.17) is 5.26 Å². The van der Waals surface area contributed by atoms with E-state index in [1.54, 1.807) is 0 Å². The van der Waals surface area contributed by atoms with Crippen LogP contribution in [0.1, 0.15) is 50.5 Å². The molecule has 2 nitrogen and oxygen atoms in total. The maximum absolute atomic E-state index is 10.6. The van der Waals surface area contributed by atoms with Gasteiger partial charge in [-0.05, 0) is 24.8 Å². The quantitative estimate of drug-likeness (QED) is 0.878. The molecule has 0 amide bonds. The van der Waals surface area contributed by atoms with E-state index in [-0.39, 0.29) is 11.5 Å². The number of rotatable bonds is 4. The Balaban J connectivity index is 2.26. The molecule has 2 rings (SSSR count). The molecule has 96 valence electrons. The second-order valence-electron chi connectivity index (χ2n) is 5.30. The van der Waals surface area contributed by atoms with Crippen LogP contribution in [-0.4, -0.2) is 11.2 Å². The van der Waals surface area contributed by atoms with E-state index in [1.807, 2.05) is 18.2 Å². The predicted octanol–water partition coefficient (Wildman–Crippen LogP) is 3.55. The van der Waals surface area contributed by atoms with Crippen LogP contribution in [0.4, 0.5) is 0 Å². The molecule has 18 heavy (non-hydrogen) atoms. The molecule has 0 aromatic heterocycles. The average molecular weight is 243 g/mol. The molecule has 1 N–H and O–H groups in total. The Morgan fingerprint density at radius 3 is 2.44 bits per heavy atom. The number of aliphatic hydroxyl groups is 1. The van der Waals surface area contributed by atoms with E-state index in [0.29, 0.717) is 12.8 Å². The molecule has 1 atom stereocenters. The van der Waals surface area contributed by atoms with Gasteiger partial charge in [0, 0.05) is 11.8 Å². The third-order valence-corrected chi connectivity index (χ3v) is 4.26. The van der Waals surface area contributed by atoms with Crippen molar-refractivity contribution in [2.45, 2.75) is 56.5 Å². The van der Waals surface area contributed by atoms with Gasteiger partial charge in [-0.3, -0.25) is 0 Å². The standard InChI is InChI=1S/C16H21NO/c17-13-7-10-15(18)16(11-5-2-6-12-16)14-8-3-1-4-9-14/h1,3-4,8-9,15,18H,2,5-7,10-12H2. The SMILES string of the molecule is N#CCCC(O)C1(c2ccccc2)CCCCC1. The third kappa shape index (κ3) is 2.57. The lowest BCUT2D eigenvalue weighted by Crippen LogP contribution is -2.41. The van der Waals surface area contributed by atoms with Crippen molar-refractivity contribution in [3.8, 4) is 6.07 Å². The molecule has 0 saturated heterocycles. The monoisotopic (exact) mass is 243 g/mol. The van der Waals surface area contributed by atoms with Gasteiger partial charge in [0.05, 0.1) is 12.2 Å². The maximum atomic E-state index is 10.6. The van der Waals surface area contributed by atoms with E-state index in [1.165, 1.54) is 24.8 Å². The minimum absolute atomic E-state index is 0.115. The number of benzene rings is 1. The highest BCUT2D eigenvalue weighted by atomic mass is 16.3. The van der Waals surface area contributed by atoms with Crippen LogP contribution in [0.3, 0.4) is 0 Å². The summed E-state index contributed by atoms with van der Waals surface area (Å²) in [4.78, 5) is 0. The second-order valence-corrected chi connectivity index (χ2v) is 5.30. The van der Waals surface area contributed by atoms with E-state index >= 15 is 0 Å². The van der Waals surface area contributed by atoms with Crippen molar-refractivity contribution >= 4 is 0 Å². The van der Waals surface area contributed by atoms with Gasteiger partial charge in [0.15, 0.2) is 0 Å². The van der Waals surface area contributed by atoms with Crippen molar-refractivity contribution in [1.29, 1.82) is 5.26 Å². The summed E-state index contributed by atoms with van der Waals surface area (Å²) in [6.07, 6.45) is 6.35. The number of aliphatic hydroxyl groups excluding tert-OH is 1. The Morgan fingerprint density at radius 2 is 1.83 bits per heavy atom. The molecule has 0 bridgehead atoms. The fourth-order valence-corrected chi connectivity index (χ4v) is 3.24. The van der Waals surface area contributed by atoms with Gasteiger partial charge in [0.2, 0.25) is 0 Å². The van der Waals surface area contributed by atoms with Crippen LogP contribution in [0.15, 0.2) is 30.3 Å². The van der Waals surface area contributed by atoms with Crippen molar-refractivity contribution in [1.82, 2.24) is 0 Å². The summed E-state index contributed by atoms with van der Waals surface area (Å²) in [6, 6.07) is 12.5. The molecule has 1 unspecified atom stereocenters. The first-order valence-corrected chi connectivity index (χ1v) is 6.90. The Bertz CT molecular complexity index is 401. The lowest BCUT2D eigenvalue weighted by molar-refractivity contribution is 0.0480. The van der Waals surface area contributed by atoms with Crippen molar-refractivity contribution in [3.05, 3.63) is 35.9 Å². The van der Waals surface area contributed by atoms with Gasteiger partial charge in [0.25, 0.3) is 0 Å². The number of hydrogen-bond donors (Lipinski definition) is 1. The van der Waals surface area contributed by atoms with Crippen LogP contribution >= 0.6 is 0 Å². The Morgan fingerprint density at radius 1 is 1.17 bits per heavy atom. The van der Waals surface area contributed by atoms with E-state index in [0.717, 1.165) is 12.8 Å². The summed E-state index contributed by atoms with van der Waals surface area (Å²) >= 11 is 0. The molecule has 0 heterocycles. The molecule has 2 heteroatoms. The molecule has 0 radical (unpaired) electrons. The summed E-state index contributed by atoms with van der Waals surface area (Å²) in [7, 11) is 0. The minimum atomic E-state index is -0.389. The fraction of sp³-hybridized carbons (Fsp3) is 0.562. The zero-order chi connectivity index (χ0) is 12.8. The molecular formula is C16H21NO. The lowest BCUT2D eigenvalue weighted by Gasteiger charge is -2.41. The van der Waals surface area contributed by atoms with Crippen LogP contribution < -0.4 is 0 Å². The minimum Gasteiger partial charge on any atom is -0.392 e. The molecular weight excluding hydrogens is 222 g/mol. The van der Waals surface area contributed by atoms with Gasteiger partial charge in [-0.15, -0.1) is 0 Å². The topological polar surface area (TPSA) is 44.0 Å². The van der Waals surface area contributed by atoms with Crippen molar-refractivity contribution < 1.29 is 5.11 Å². The van der Waals surface area contributed by atoms with Crippen molar-refractivity contribution in [2.24, 2.45) is 0 Å². The molecule has 1 aromatic rings. The first-order valence-electron chi connectivity index (χ1n) is 6.90. The van der Waals surface area contributed by atoms with Crippen LogP contribution in [0.5, 0.6) is 0 Å². The lowest BCUT2D eigenvalue weighted by atomic mass is 9.65.